The third-order valence-electron chi connectivity index (χ3n) is 3.43. The van der Waals surface area contributed by atoms with Gasteiger partial charge in [0.15, 0.2) is 0 Å². The molecule has 0 radical (unpaired) electrons. The van der Waals surface area contributed by atoms with E-state index in [1.807, 2.05) is 33.3 Å². The van der Waals surface area contributed by atoms with E-state index in [0.717, 1.165) is 13.0 Å². The molecule has 5 nitrogen and oxygen atoms in total. The van der Waals surface area contributed by atoms with Gasteiger partial charge in [0.1, 0.15) is 17.6 Å². The molecule has 1 aliphatic rings. The maximum atomic E-state index is 12.4. The number of benzene rings is 1. The van der Waals surface area contributed by atoms with Gasteiger partial charge in [0, 0.05) is 13.6 Å². The predicted molar refractivity (Wildman–Crippen MR) is 77.5 cm³/mol. The second-order valence-corrected chi connectivity index (χ2v) is 5.38. The Morgan fingerprint density at radius 3 is 2.85 bits per heavy atom. The molecule has 0 fully saturated rings. The molecule has 1 heterocycles. The average Bonchev–Trinajstić information content (AvgIpc) is 2.54. The molecule has 1 amide bonds. The van der Waals surface area contributed by atoms with E-state index in [2.05, 4.69) is 4.90 Å². The summed E-state index contributed by atoms with van der Waals surface area (Å²) in [5.74, 6) is 1.29. The van der Waals surface area contributed by atoms with Crippen molar-refractivity contribution in [2.24, 2.45) is 0 Å². The average molecular weight is 278 g/mol. The highest BCUT2D eigenvalue weighted by Gasteiger charge is 2.27. The third kappa shape index (κ3) is 3.22. The number of carbonyl (C=O) groups is 1. The molecule has 0 bridgehead atoms. The van der Waals surface area contributed by atoms with Crippen LogP contribution in [-0.2, 0) is 0 Å². The van der Waals surface area contributed by atoms with Gasteiger partial charge < -0.3 is 19.3 Å². The van der Waals surface area contributed by atoms with Crippen LogP contribution in [0.25, 0.3) is 0 Å². The first-order valence-corrected chi connectivity index (χ1v) is 6.76. The Morgan fingerprint density at radius 2 is 2.20 bits per heavy atom. The summed E-state index contributed by atoms with van der Waals surface area (Å²) in [6.07, 6.45) is 0.900. The van der Waals surface area contributed by atoms with Crippen molar-refractivity contribution in [3.05, 3.63) is 23.8 Å². The van der Waals surface area contributed by atoms with Crippen LogP contribution in [0.5, 0.6) is 11.5 Å². The SMILES string of the molecule is COc1ccc2c(c1)C(=O)N(C)CC(CCN(C)C)O2. The van der Waals surface area contributed by atoms with Crippen molar-refractivity contribution >= 4 is 5.91 Å². The number of carbonyl (C=O) groups excluding carboxylic acids is 1. The lowest BCUT2D eigenvalue weighted by Gasteiger charge is -2.22. The van der Waals surface area contributed by atoms with Crippen molar-refractivity contribution in [3.63, 3.8) is 0 Å². The molecule has 1 aromatic rings. The molecule has 0 saturated carbocycles. The summed E-state index contributed by atoms with van der Waals surface area (Å²) in [5, 5.41) is 0. The Balaban J connectivity index is 2.24. The number of methoxy groups -OCH3 is 1. The van der Waals surface area contributed by atoms with Crippen LogP contribution in [0.3, 0.4) is 0 Å². The van der Waals surface area contributed by atoms with Crippen LogP contribution in [0.2, 0.25) is 0 Å². The van der Waals surface area contributed by atoms with Crippen LogP contribution in [0.1, 0.15) is 16.8 Å². The number of amides is 1. The first kappa shape index (κ1) is 14.7. The molecular formula is C15H22N2O3. The summed E-state index contributed by atoms with van der Waals surface area (Å²) in [6, 6.07) is 5.37. The first-order chi connectivity index (χ1) is 9.51. The van der Waals surface area contributed by atoms with Gasteiger partial charge in [-0.15, -0.1) is 0 Å². The Labute approximate surface area is 120 Å². The van der Waals surface area contributed by atoms with Crippen molar-refractivity contribution in [2.45, 2.75) is 12.5 Å². The Bertz CT molecular complexity index is 488. The van der Waals surface area contributed by atoms with E-state index < -0.39 is 0 Å². The van der Waals surface area contributed by atoms with Crippen LogP contribution < -0.4 is 9.47 Å². The summed E-state index contributed by atoms with van der Waals surface area (Å²) >= 11 is 0. The molecule has 0 spiro atoms. The summed E-state index contributed by atoms with van der Waals surface area (Å²) < 4.78 is 11.2. The number of nitrogens with zero attached hydrogens (tertiary/aromatic N) is 2. The van der Waals surface area contributed by atoms with Gasteiger partial charge in [-0.2, -0.15) is 0 Å². The van der Waals surface area contributed by atoms with E-state index in [1.165, 1.54) is 0 Å². The number of fused-ring (bicyclic) bond motifs is 1. The summed E-state index contributed by atoms with van der Waals surface area (Å²) in [5.41, 5.74) is 0.569. The van der Waals surface area contributed by atoms with Crippen molar-refractivity contribution in [1.29, 1.82) is 0 Å². The molecular weight excluding hydrogens is 256 g/mol. The van der Waals surface area contributed by atoms with Gasteiger partial charge >= 0.3 is 0 Å². The van der Waals surface area contributed by atoms with Gasteiger partial charge in [-0.3, -0.25) is 4.79 Å². The van der Waals surface area contributed by atoms with Gasteiger partial charge in [0.25, 0.3) is 5.91 Å². The predicted octanol–water partition coefficient (Wildman–Crippen LogP) is 1.48. The normalized spacial score (nSPS) is 18.6. The van der Waals surface area contributed by atoms with E-state index in [0.29, 0.717) is 23.6 Å². The fraction of sp³-hybridized carbons (Fsp3) is 0.533. The van der Waals surface area contributed by atoms with E-state index >= 15 is 0 Å². The molecule has 1 unspecified atom stereocenters. The Hall–Kier alpha value is -1.75. The van der Waals surface area contributed by atoms with Gasteiger partial charge in [0.05, 0.1) is 19.2 Å². The van der Waals surface area contributed by atoms with Gasteiger partial charge in [-0.05, 0) is 38.7 Å². The van der Waals surface area contributed by atoms with E-state index in [4.69, 9.17) is 9.47 Å². The molecule has 110 valence electrons. The molecule has 0 N–H and O–H groups in total. The standard InChI is InChI=1S/C15H22N2O3/c1-16(2)8-7-12-10-17(3)15(18)13-9-11(19-4)5-6-14(13)20-12/h5-6,9,12H,7-8,10H2,1-4H3. The number of hydrogen-bond acceptors (Lipinski definition) is 4. The highest BCUT2D eigenvalue weighted by molar-refractivity contribution is 5.97. The molecule has 20 heavy (non-hydrogen) atoms. The molecule has 5 heteroatoms. The minimum absolute atomic E-state index is 0.0148. The number of hydrogen-bond donors (Lipinski definition) is 0. The lowest BCUT2D eigenvalue weighted by molar-refractivity contribution is 0.0750. The minimum atomic E-state index is -0.0220. The van der Waals surface area contributed by atoms with Gasteiger partial charge in [0.2, 0.25) is 0 Å². The summed E-state index contributed by atoms with van der Waals surface area (Å²) in [7, 11) is 7.46. The molecule has 1 atom stereocenters. The van der Waals surface area contributed by atoms with Crippen LogP contribution >= 0.6 is 0 Å². The topological polar surface area (TPSA) is 42.0 Å². The fourth-order valence-electron chi connectivity index (χ4n) is 2.27. The van der Waals surface area contributed by atoms with Gasteiger partial charge in [-0.25, -0.2) is 0 Å². The highest BCUT2D eigenvalue weighted by Crippen LogP contribution is 2.29. The fourth-order valence-corrected chi connectivity index (χ4v) is 2.27. The van der Waals surface area contributed by atoms with Crippen molar-refractivity contribution < 1.29 is 14.3 Å². The molecule has 0 saturated heterocycles. The largest absolute Gasteiger partial charge is 0.497 e. The van der Waals surface area contributed by atoms with Crippen molar-refractivity contribution in [2.75, 3.05) is 41.3 Å². The second-order valence-electron chi connectivity index (χ2n) is 5.38. The van der Waals surface area contributed by atoms with Crippen LogP contribution in [0.15, 0.2) is 18.2 Å². The second kappa shape index (κ2) is 6.13. The molecule has 1 aromatic carbocycles. The third-order valence-corrected chi connectivity index (χ3v) is 3.43. The lowest BCUT2D eigenvalue weighted by atomic mass is 10.1. The first-order valence-electron chi connectivity index (χ1n) is 6.76. The highest BCUT2D eigenvalue weighted by atomic mass is 16.5. The maximum absolute atomic E-state index is 12.4. The minimum Gasteiger partial charge on any atom is -0.497 e. The van der Waals surface area contributed by atoms with E-state index in [9.17, 15) is 4.79 Å². The monoisotopic (exact) mass is 278 g/mol. The molecule has 0 aromatic heterocycles. The molecule has 1 aliphatic heterocycles. The Morgan fingerprint density at radius 1 is 1.45 bits per heavy atom. The van der Waals surface area contributed by atoms with Crippen molar-refractivity contribution in [1.82, 2.24) is 9.80 Å². The quantitative estimate of drug-likeness (QED) is 0.836. The smallest absolute Gasteiger partial charge is 0.257 e. The van der Waals surface area contributed by atoms with Crippen molar-refractivity contribution in [3.8, 4) is 11.5 Å². The van der Waals surface area contributed by atoms with E-state index in [-0.39, 0.29) is 12.0 Å². The van der Waals surface area contributed by atoms with Crippen LogP contribution in [-0.4, -0.2) is 63.2 Å². The number of likely N-dealkylation sites (N-methyl/N-ethyl adjacent to an activating group) is 1. The van der Waals surface area contributed by atoms with Crippen LogP contribution in [0, 0.1) is 0 Å². The zero-order chi connectivity index (χ0) is 14.7. The number of rotatable bonds is 4. The Kier molecular flexibility index (Phi) is 4.49. The van der Waals surface area contributed by atoms with E-state index in [1.54, 1.807) is 18.1 Å². The van der Waals surface area contributed by atoms with Crippen LogP contribution in [0.4, 0.5) is 0 Å². The summed E-state index contributed by atoms with van der Waals surface area (Å²) in [4.78, 5) is 16.2. The maximum Gasteiger partial charge on any atom is 0.257 e. The molecule has 0 aliphatic carbocycles. The van der Waals surface area contributed by atoms with Gasteiger partial charge in [-0.1, -0.05) is 0 Å². The zero-order valence-corrected chi connectivity index (χ0v) is 12.5. The summed E-state index contributed by atoms with van der Waals surface area (Å²) in [6.45, 7) is 1.53. The zero-order valence-electron chi connectivity index (χ0n) is 12.5. The molecule has 2 rings (SSSR count). The lowest BCUT2D eigenvalue weighted by Crippen LogP contribution is -2.35. The number of ether oxygens (including phenoxy) is 2.